The second-order valence-corrected chi connectivity index (χ2v) is 10.3. The number of carbonyl (C=O) groups is 4. The lowest BCUT2D eigenvalue weighted by Crippen LogP contribution is -2.50. The number of ether oxygens (including phenoxy) is 2. The lowest BCUT2D eigenvalue weighted by molar-refractivity contribution is -0.140. The number of ketones is 1. The predicted molar refractivity (Wildman–Crippen MR) is 128 cm³/mol. The summed E-state index contributed by atoms with van der Waals surface area (Å²) in [5.74, 6) is -0.435. The molecule has 0 aromatic carbocycles. The Kier molecular flexibility index (Phi) is 13.3. The molecular weight excluding hydrogens is 440 g/mol. The van der Waals surface area contributed by atoms with Crippen LogP contribution in [0.25, 0.3) is 0 Å². The number of rotatable bonds is 15. The summed E-state index contributed by atoms with van der Waals surface area (Å²) >= 11 is 0. The van der Waals surface area contributed by atoms with Crippen molar-refractivity contribution < 1.29 is 33.8 Å². The lowest BCUT2D eigenvalue weighted by Gasteiger charge is -2.39. The van der Waals surface area contributed by atoms with Gasteiger partial charge in [-0.05, 0) is 18.8 Å². The van der Waals surface area contributed by atoms with Crippen LogP contribution in [-0.4, -0.2) is 90.6 Å². The van der Waals surface area contributed by atoms with E-state index < -0.39 is 11.4 Å². The normalized spacial score (nSPS) is 14.9. The van der Waals surface area contributed by atoms with E-state index in [1.807, 2.05) is 44.4 Å². The van der Waals surface area contributed by atoms with Gasteiger partial charge in [-0.3, -0.25) is 19.2 Å². The van der Waals surface area contributed by atoms with Crippen LogP contribution in [-0.2, 0) is 28.7 Å². The van der Waals surface area contributed by atoms with Crippen LogP contribution in [0.3, 0.4) is 0 Å². The molecule has 1 fully saturated rings. The summed E-state index contributed by atoms with van der Waals surface area (Å²) in [6.07, 6.45) is 2.28. The van der Waals surface area contributed by atoms with Gasteiger partial charge in [0.05, 0.1) is 32.8 Å². The minimum absolute atomic E-state index is 0.00996. The molecule has 34 heavy (non-hydrogen) atoms. The first kappa shape index (κ1) is 30.0. The number of hydrogen-bond acceptors (Lipinski definition) is 6. The molecule has 0 radical (unpaired) electrons. The van der Waals surface area contributed by atoms with E-state index >= 15 is 0 Å². The summed E-state index contributed by atoms with van der Waals surface area (Å²) in [6, 6.07) is 0.00996. The molecular formula is C25H44N2O7. The van der Waals surface area contributed by atoms with Crippen LogP contribution in [0.5, 0.6) is 0 Å². The summed E-state index contributed by atoms with van der Waals surface area (Å²) in [5.41, 5.74) is -0.475. The van der Waals surface area contributed by atoms with Gasteiger partial charge in [0.25, 0.3) is 0 Å². The molecule has 0 aliphatic carbocycles. The van der Waals surface area contributed by atoms with Crippen LogP contribution >= 0.6 is 0 Å². The van der Waals surface area contributed by atoms with Gasteiger partial charge < -0.3 is 24.4 Å². The van der Waals surface area contributed by atoms with E-state index in [1.54, 1.807) is 0 Å². The molecule has 1 N–H and O–H groups in total. The van der Waals surface area contributed by atoms with Crippen LogP contribution < -0.4 is 0 Å². The zero-order valence-corrected chi connectivity index (χ0v) is 21.6. The Bertz CT molecular complexity index is 665. The van der Waals surface area contributed by atoms with E-state index in [0.29, 0.717) is 58.0 Å². The van der Waals surface area contributed by atoms with Gasteiger partial charge in [-0.25, -0.2) is 0 Å². The van der Waals surface area contributed by atoms with Crippen LogP contribution in [0.15, 0.2) is 0 Å². The highest BCUT2D eigenvalue weighted by atomic mass is 16.5. The van der Waals surface area contributed by atoms with E-state index in [2.05, 4.69) is 0 Å². The van der Waals surface area contributed by atoms with Crippen molar-refractivity contribution in [2.45, 2.75) is 79.2 Å². The van der Waals surface area contributed by atoms with Gasteiger partial charge in [0, 0.05) is 50.4 Å². The molecule has 0 aromatic rings. The Morgan fingerprint density at radius 3 is 2.06 bits per heavy atom. The zero-order chi connectivity index (χ0) is 25.7. The van der Waals surface area contributed by atoms with Crippen LogP contribution in [0.4, 0.5) is 0 Å². The Morgan fingerprint density at radius 1 is 0.941 bits per heavy atom. The molecule has 9 heteroatoms. The largest absolute Gasteiger partial charge is 0.481 e. The minimum Gasteiger partial charge on any atom is -0.481 e. The second-order valence-electron chi connectivity index (χ2n) is 10.3. The topological polar surface area (TPSA) is 113 Å². The van der Waals surface area contributed by atoms with Crippen LogP contribution in [0, 0.1) is 11.3 Å². The Hall–Kier alpha value is -2.00. The zero-order valence-electron chi connectivity index (χ0n) is 21.6. The van der Waals surface area contributed by atoms with Crippen molar-refractivity contribution in [3.8, 4) is 0 Å². The maximum absolute atomic E-state index is 13.1. The molecule has 0 atom stereocenters. The Balaban J connectivity index is 2.59. The first-order chi connectivity index (χ1) is 15.9. The number of amides is 2. The molecule has 0 saturated carbocycles. The quantitative estimate of drug-likeness (QED) is 0.356. The highest BCUT2D eigenvalue weighted by Crippen LogP contribution is 2.22. The third-order valence-electron chi connectivity index (χ3n) is 5.87. The molecule has 1 rings (SSSR count). The van der Waals surface area contributed by atoms with Crippen molar-refractivity contribution in [2.24, 2.45) is 11.3 Å². The standard InChI is InChI=1S/C25H44N2O7/c1-19(2)18-23(30)26-11-8-20(9-12-26)27(22(29)7-6-21(28)25(3,4)5)13-15-34-17-16-33-14-10-24(31)32/h19-20H,6-18H2,1-5H3,(H,31,32). The van der Waals surface area contributed by atoms with E-state index in [1.165, 1.54) is 0 Å². The van der Waals surface area contributed by atoms with Crippen LogP contribution in [0.1, 0.15) is 73.1 Å². The molecule has 2 amide bonds. The highest BCUT2D eigenvalue weighted by molar-refractivity contribution is 5.88. The fourth-order valence-electron chi connectivity index (χ4n) is 3.80. The van der Waals surface area contributed by atoms with Gasteiger partial charge in [-0.1, -0.05) is 34.6 Å². The van der Waals surface area contributed by atoms with Gasteiger partial charge in [0.15, 0.2) is 0 Å². The van der Waals surface area contributed by atoms with Gasteiger partial charge in [0.1, 0.15) is 5.78 Å². The van der Waals surface area contributed by atoms with Gasteiger partial charge in [0.2, 0.25) is 11.8 Å². The van der Waals surface area contributed by atoms with Crippen molar-refractivity contribution >= 4 is 23.6 Å². The number of carboxylic acids is 1. The monoisotopic (exact) mass is 484 g/mol. The van der Waals surface area contributed by atoms with Crippen molar-refractivity contribution in [3.63, 3.8) is 0 Å². The molecule has 0 spiro atoms. The van der Waals surface area contributed by atoms with Crippen molar-refractivity contribution in [2.75, 3.05) is 46.1 Å². The maximum Gasteiger partial charge on any atom is 0.305 e. The molecule has 0 aromatic heterocycles. The van der Waals surface area contributed by atoms with Crippen molar-refractivity contribution in [1.29, 1.82) is 0 Å². The SMILES string of the molecule is CC(C)CC(=O)N1CCC(N(CCOCCOCCC(=O)O)C(=O)CCC(=O)C(C)(C)C)CC1. The first-order valence-corrected chi connectivity index (χ1v) is 12.4. The number of nitrogens with zero attached hydrogens (tertiary/aromatic N) is 2. The van der Waals surface area contributed by atoms with Gasteiger partial charge in [-0.2, -0.15) is 0 Å². The summed E-state index contributed by atoms with van der Waals surface area (Å²) in [7, 11) is 0. The number of carbonyl (C=O) groups excluding carboxylic acids is 3. The predicted octanol–water partition coefficient (Wildman–Crippen LogP) is 2.76. The number of hydrogen-bond donors (Lipinski definition) is 1. The van der Waals surface area contributed by atoms with Crippen LogP contribution in [0.2, 0.25) is 0 Å². The first-order valence-electron chi connectivity index (χ1n) is 12.4. The fraction of sp³-hybridized carbons (Fsp3) is 0.840. The number of Topliss-reactive ketones (excluding diaryl/α,β-unsaturated/α-hetero) is 1. The number of piperidine rings is 1. The third kappa shape index (κ3) is 11.9. The molecule has 1 heterocycles. The molecule has 196 valence electrons. The smallest absolute Gasteiger partial charge is 0.305 e. The minimum atomic E-state index is -0.906. The molecule has 9 nitrogen and oxygen atoms in total. The average Bonchev–Trinajstić information content (AvgIpc) is 2.75. The van der Waals surface area contributed by atoms with Gasteiger partial charge in [-0.15, -0.1) is 0 Å². The molecule has 0 bridgehead atoms. The number of aliphatic carboxylic acids is 1. The summed E-state index contributed by atoms with van der Waals surface area (Å²) in [6.45, 7) is 12.3. The van der Waals surface area contributed by atoms with Gasteiger partial charge >= 0.3 is 5.97 Å². The van der Waals surface area contributed by atoms with E-state index in [-0.39, 0.29) is 56.1 Å². The van der Waals surface area contributed by atoms with Crippen molar-refractivity contribution in [3.05, 3.63) is 0 Å². The summed E-state index contributed by atoms with van der Waals surface area (Å²) in [5, 5.41) is 8.61. The van der Waals surface area contributed by atoms with E-state index in [0.717, 1.165) is 0 Å². The number of carboxylic acid groups (broad SMARTS) is 1. The molecule has 0 unspecified atom stereocenters. The summed E-state index contributed by atoms with van der Waals surface area (Å²) < 4.78 is 10.8. The average molecular weight is 485 g/mol. The molecule has 1 saturated heterocycles. The number of likely N-dealkylation sites (tertiary alicyclic amines) is 1. The van der Waals surface area contributed by atoms with E-state index in [9.17, 15) is 19.2 Å². The Morgan fingerprint density at radius 2 is 1.53 bits per heavy atom. The lowest BCUT2D eigenvalue weighted by atomic mass is 9.88. The van der Waals surface area contributed by atoms with Crippen molar-refractivity contribution in [1.82, 2.24) is 9.80 Å². The molecule has 1 aliphatic heterocycles. The third-order valence-corrected chi connectivity index (χ3v) is 5.87. The Labute approximate surface area is 204 Å². The van der Waals surface area contributed by atoms with E-state index in [4.69, 9.17) is 14.6 Å². The second kappa shape index (κ2) is 15.1. The maximum atomic E-state index is 13.1. The molecule has 1 aliphatic rings. The fourth-order valence-corrected chi connectivity index (χ4v) is 3.80. The highest BCUT2D eigenvalue weighted by Gasteiger charge is 2.30. The summed E-state index contributed by atoms with van der Waals surface area (Å²) in [4.78, 5) is 51.9.